The van der Waals surface area contributed by atoms with Crippen LogP contribution in [0.4, 0.5) is 0 Å². The number of morpholine rings is 1. The van der Waals surface area contributed by atoms with E-state index in [1.165, 1.54) is 0 Å². The molecule has 0 radical (unpaired) electrons. The van der Waals surface area contributed by atoms with Gasteiger partial charge in [0.25, 0.3) is 0 Å². The van der Waals surface area contributed by atoms with E-state index in [0.717, 1.165) is 19.6 Å². The number of hydrogen-bond acceptors (Lipinski definition) is 4. The van der Waals surface area contributed by atoms with Crippen LogP contribution in [0.3, 0.4) is 0 Å². The Morgan fingerprint density at radius 1 is 1.43 bits per heavy atom. The molecule has 0 saturated carbocycles. The quantitative estimate of drug-likeness (QED) is 0.897. The Morgan fingerprint density at radius 2 is 2.19 bits per heavy atom. The number of aliphatic hydroxyl groups excluding tert-OH is 1. The Labute approximate surface area is 136 Å². The minimum atomic E-state index is -0.644. The number of aliphatic hydroxyl groups is 1. The molecular formula is C15H22Cl2N2O2. The van der Waals surface area contributed by atoms with Crippen LogP contribution in [0.5, 0.6) is 0 Å². The standard InChI is InChI=1S/C15H22Cl2N2O2/c1-18(2)8-12-9-19(5-6-21-12)10-15(20)13-7-11(16)3-4-14(13)17/h3-4,7,12,15,20H,5-6,8-10H2,1-2H3/t12-,15-/m0/s1. The number of likely N-dealkylation sites (N-methyl/N-ethyl adjacent to an activating group) is 1. The Bertz CT molecular complexity index is 471. The first-order chi connectivity index (χ1) is 9.95. The summed E-state index contributed by atoms with van der Waals surface area (Å²) < 4.78 is 5.74. The molecule has 0 bridgehead atoms. The van der Waals surface area contributed by atoms with Crippen LogP contribution >= 0.6 is 23.2 Å². The maximum atomic E-state index is 10.4. The SMILES string of the molecule is CN(C)C[C@H]1CN(C[C@H](O)c2cc(Cl)ccc2Cl)CCO1. The van der Waals surface area contributed by atoms with Gasteiger partial charge in [-0.2, -0.15) is 0 Å². The second kappa shape index (κ2) is 7.77. The number of halogens is 2. The van der Waals surface area contributed by atoms with Gasteiger partial charge in [0.2, 0.25) is 0 Å². The molecule has 1 aromatic carbocycles. The summed E-state index contributed by atoms with van der Waals surface area (Å²) in [4.78, 5) is 4.32. The average Bonchev–Trinajstić information content (AvgIpc) is 2.41. The van der Waals surface area contributed by atoms with Gasteiger partial charge in [-0.15, -0.1) is 0 Å². The van der Waals surface area contributed by atoms with Gasteiger partial charge in [0.15, 0.2) is 0 Å². The van der Waals surface area contributed by atoms with Crippen molar-refractivity contribution in [2.45, 2.75) is 12.2 Å². The first-order valence-corrected chi connectivity index (χ1v) is 7.83. The monoisotopic (exact) mass is 332 g/mol. The molecule has 0 amide bonds. The van der Waals surface area contributed by atoms with Crippen molar-refractivity contribution in [2.75, 3.05) is 46.9 Å². The van der Waals surface area contributed by atoms with Gasteiger partial charge in [0.05, 0.1) is 18.8 Å². The summed E-state index contributed by atoms with van der Waals surface area (Å²) in [5, 5.41) is 11.5. The van der Waals surface area contributed by atoms with Gasteiger partial charge >= 0.3 is 0 Å². The van der Waals surface area contributed by atoms with Gasteiger partial charge in [-0.3, -0.25) is 4.90 Å². The summed E-state index contributed by atoms with van der Waals surface area (Å²) in [5.41, 5.74) is 0.680. The van der Waals surface area contributed by atoms with E-state index in [0.29, 0.717) is 28.8 Å². The molecule has 1 aliphatic heterocycles. The molecule has 1 aromatic rings. The van der Waals surface area contributed by atoms with Crippen molar-refractivity contribution in [2.24, 2.45) is 0 Å². The lowest BCUT2D eigenvalue weighted by atomic mass is 10.1. The number of benzene rings is 1. The number of hydrogen-bond donors (Lipinski definition) is 1. The number of rotatable bonds is 5. The molecule has 1 fully saturated rings. The van der Waals surface area contributed by atoms with E-state index in [9.17, 15) is 5.11 Å². The van der Waals surface area contributed by atoms with Crippen molar-refractivity contribution in [1.29, 1.82) is 0 Å². The second-order valence-corrected chi connectivity index (χ2v) is 6.54. The van der Waals surface area contributed by atoms with Crippen molar-refractivity contribution >= 4 is 23.2 Å². The molecule has 1 N–H and O–H groups in total. The van der Waals surface area contributed by atoms with Gasteiger partial charge in [-0.05, 0) is 32.3 Å². The van der Waals surface area contributed by atoms with E-state index in [1.807, 2.05) is 14.1 Å². The zero-order valence-electron chi connectivity index (χ0n) is 12.4. The molecule has 0 spiro atoms. The summed E-state index contributed by atoms with van der Waals surface area (Å²) >= 11 is 12.1. The molecule has 0 unspecified atom stereocenters. The van der Waals surface area contributed by atoms with Gasteiger partial charge in [0.1, 0.15) is 0 Å². The maximum Gasteiger partial charge on any atom is 0.0931 e. The van der Waals surface area contributed by atoms with Crippen LogP contribution in [0.15, 0.2) is 18.2 Å². The summed E-state index contributed by atoms with van der Waals surface area (Å²) in [5.74, 6) is 0. The summed E-state index contributed by atoms with van der Waals surface area (Å²) in [6, 6.07) is 5.17. The van der Waals surface area contributed by atoms with E-state index in [1.54, 1.807) is 18.2 Å². The van der Waals surface area contributed by atoms with E-state index in [2.05, 4.69) is 9.80 Å². The lowest BCUT2D eigenvalue weighted by Crippen LogP contribution is -2.47. The predicted molar refractivity (Wildman–Crippen MR) is 86.2 cm³/mol. The second-order valence-electron chi connectivity index (χ2n) is 5.70. The normalized spacial score (nSPS) is 21.7. The largest absolute Gasteiger partial charge is 0.387 e. The molecule has 6 heteroatoms. The van der Waals surface area contributed by atoms with Crippen molar-refractivity contribution in [3.05, 3.63) is 33.8 Å². The molecule has 0 aliphatic carbocycles. The molecule has 1 aliphatic rings. The average molecular weight is 333 g/mol. The van der Waals surface area contributed by atoms with Crippen LogP contribution in [-0.2, 0) is 4.74 Å². The Hall–Kier alpha value is -0.360. The third-order valence-corrected chi connectivity index (χ3v) is 4.12. The van der Waals surface area contributed by atoms with E-state index < -0.39 is 6.10 Å². The highest BCUT2D eigenvalue weighted by molar-refractivity contribution is 6.33. The molecule has 4 nitrogen and oxygen atoms in total. The predicted octanol–water partition coefficient (Wildman–Crippen LogP) is 2.29. The van der Waals surface area contributed by atoms with E-state index in [4.69, 9.17) is 27.9 Å². The molecule has 118 valence electrons. The number of ether oxygens (including phenoxy) is 1. The van der Waals surface area contributed by atoms with Gasteiger partial charge < -0.3 is 14.7 Å². The van der Waals surface area contributed by atoms with Crippen LogP contribution < -0.4 is 0 Å². The van der Waals surface area contributed by atoms with Crippen LogP contribution in [0.1, 0.15) is 11.7 Å². The number of nitrogens with zero attached hydrogens (tertiary/aromatic N) is 2. The first-order valence-electron chi connectivity index (χ1n) is 7.07. The topological polar surface area (TPSA) is 35.9 Å². The molecular weight excluding hydrogens is 311 g/mol. The summed E-state index contributed by atoms with van der Waals surface area (Å²) in [6.07, 6.45) is -0.468. The highest BCUT2D eigenvalue weighted by atomic mass is 35.5. The smallest absolute Gasteiger partial charge is 0.0931 e. The molecule has 0 aromatic heterocycles. The minimum absolute atomic E-state index is 0.177. The van der Waals surface area contributed by atoms with Crippen LogP contribution in [0.2, 0.25) is 10.0 Å². The van der Waals surface area contributed by atoms with Gasteiger partial charge in [0, 0.05) is 41.8 Å². The Kier molecular flexibility index (Phi) is 6.29. The van der Waals surface area contributed by atoms with Crippen LogP contribution in [0.25, 0.3) is 0 Å². The lowest BCUT2D eigenvalue weighted by molar-refractivity contribution is -0.0488. The fourth-order valence-corrected chi connectivity index (χ4v) is 3.00. The summed E-state index contributed by atoms with van der Waals surface area (Å²) in [6.45, 7) is 3.74. The minimum Gasteiger partial charge on any atom is -0.387 e. The van der Waals surface area contributed by atoms with E-state index in [-0.39, 0.29) is 6.10 Å². The van der Waals surface area contributed by atoms with Gasteiger partial charge in [-0.25, -0.2) is 0 Å². The van der Waals surface area contributed by atoms with E-state index >= 15 is 0 Å². The van der Waals surface area contributed by atoms with Crippen molar-refractivity contribution in [3.63, 3.8) is 0 Å². The maximum absolute atomic E-state index is 10.4. The first kappa shape index (κ1) is 17.0. The Morgan fingerprint density at radius 3 is 2.90 bits per heavy atom. The molecule has 2 atom stereocenters. The molecule has 21 heavy (non-hydrogen) atoms. The fraction of sp³-hybridized carbons (Fsp3) is 0.600. The lowest BCUT2D eigenvalue weighted by Gasteiger charge is -2.35. The van der Waals surface area contributed by atoms with Crippen LogP contribution in [0, 0.1) is 0 Å². The fourth-order valence-electron chi connectivity index (χ4n) is 2.58. The highest BCUT2D eigenvalue weighted by Gasteiger charge is 2.24. The third kappa shape index (κ3) is 5.09. The van der Waals surface area contributed by atoms with Gasteiger partial charge in [-0.1, -0.05) is 23.2 Å². The highest BCUT2D eigenvalue weighted by Crippen LogP contribution is 2.27. The zero-order valence-corrected chi connectivity index (χ0v) is 13.9. The van der Waals surface area contributed by atoms with Crippen molar-refractivity contribution in [3.8, 4) is 0 Å². The third-order valence-electron chi connectivity index (χ3n) is 3.54. The summed E-state index contributed by atoms with van der Waals surface area (Å²) in [7, 11) is 4.06. The Balaban J connectivity index is 1.95. The van der Waals surface area contributed by atoms with Crippen molar-refractivity contribution < 1.29 is 9.84 Å². The zero-order chi connectivity index (χ0) is 15.4. The molecule has 2 rings (SSSR count). The van der Waals surface area contributed by atoms with Crippen molar-refractivity contribution in [1.82, 2.24) is 9.80 Å². The molecule has 1 heterocycles. The van der Waals surface area contributed by atoms with Crippen LogP contribution in [-0.4, -0.2) is 67.9 Å². The number of β-amino-alcohol motifs (C(OH)–C–C–N with tert-alkyl or cyclic N) is 1. The molecule has 1 saturated heterocycles.